The molecule has 3 rings (SSSR count). The Bertz CT molecular complexity index is 630. The van der Waals surface area contributed by atoms with Crippen LogP contribution < -0.4 is 0 Å². The zero-order valence-electron chi connectivity index (χ0n) is 10.4. The van der Waals surface area contributed by atoms with Crippen molar-refractivity contribution < 1.29 is 13.2 Å². The summed E-state index contributed by atoms with van der Waals surface area (Å²) >= 11 is 5.90. The molecule has 0 radical (unpaired) electrons. The average molecular weight is 299 g/mol. The summed E-state index contributed by atoms with van der Waals surface area (Å²) in [6.07, 6.45) is 3.58. The number of hydrogen-bond acceptors (Lipinski definition) is 3. The summed E-state index contributed by atoms with van der Waals surface area (Å²) in [4.78, 5) is 12.3. The molecule has 0 saturated heterocycles. The van der Waals surface area contributed by atoms with Gasteiger partial charge in [-0.1, -0.05) is 24.4 Å². The van der Waals surface area contributed by atoms with Gasteiger partial charge in [0.15, 0.2) is 15.6 Å². The lowest BCUT2D eigenvalue weighted by atomic mass is 10.1. The normalized spacial score (nSPS) is 23.8. The molecule has 2 aliphatic carbocycles. The van der Waals surface area contributed by atoms with E-state index in [1.54, 1.807) is 18.2 Å². The van der Waals surface area contributed by atoms with E-state index < -0.39 is 15.1 Å². The van der Waals surface area contributed by atoms with Crippen molar-refractivity contribution in [1.29, 1.82) is 0 Å². The molecule has 0 spiro atoms. The number of halogens is 1. The van der Waals surface area contributed by atoms with E-state index in [0.717, 1.165) is 18.4 Å². The van der Waals surface area contributed by atoms with Crippen LogP contribution in [0.2, 0.25) is 5.02 Å². The third-order valence-corrected chi connectivity index (χ3v) is 7.00. The molecule has 1 unspecified atom stereocenters. The number of benzene rings is 1. The highest BCUT2D eigenvalue weighted by Gasteiger charge is 2.44. The molecule has 1 aromatic carbocycles. The van der Waals surface area contributed by atoms with Crippen molar-refractivity contribution in [2.75, 3.05) is 0 Å². The van der Waals surface area contributed by atoms with Crippen LogP contribution in [0.3, 0.4) is 0 Å². The van der Waals surface area contributed by atoms with Crippen molar-refractivity contribution in [2.45, 2.75) is 42.6 Å². The Morgan fingerprint density at radius 1 is 1.16 bits per heavy atom. The number of ketones is 1. The largest absolute Gasteiger partial charge is 0.293 e. The van der Waals surface area contributed by atoms with Gasteiger partial charge in [0.25, 0.3) is 0 Å². The van der Waals surface area contributed by atoms with Crippen molar-refractivity contribution >= 4 is 27.2 Å². The number of carbonyl (C=O) groups is 1. The minimum absolute atomic E-state index is 0.251. The summed E-state index contributed by atoms with van der Waals surface area (Å²) in [6.45, 7) is 0. The smallest absolute Gasteiger partial charge is 0.181 e. The molecule has 0 bridgehead atoms. The Kier molecular flexibility index (Phi) is 3.18. The molecule has 0 aromatic heterocycles. The van der Waals surface area contributed by atoms with Gasteiger partial charge < -0.3 is 0 Å². The molecule has 1 saturated carbocycles. The molecular formula is C14H15ClO3S. The first-order valence-electron chi connectivity index (χ1n) is 6.55. The lowest BCUT2D eigenvalue weighted by Gasteiger charge is -2.15. The Morgan fingerprint density at radius 3 is 2.53 bits per heavy atom. The number of hydrogen-bond donors (Lipinski definition) is 0. The molecular weight excluding hydrogens is 284 g/mol. The van der Waals surface area contributed by atoms with E-state index in [9.17, 15) is 13.2 Å². The van der Waals surface area contributed by atoms with E-state index in [-0.39, 0.29) is 17.5 Å². The molecule has 1 fully saturated rings. The van der Waals surface area contributed by atoms with Gasteiger partial charge in [0.2, 0.25) is 0 Å². The van der Waals surface area contributed by atoms with Gasteiger partial charge in [-0.15, -0.1) is 0 Å². The summed E-state index contributed by atoms with van der Waals surface area (Å²) in [5, 5.41) is -0.666. The highest BCUT2D eigenvalue weighted by atomic mass is 35.5. The average Bonchev–Trinajstić information content (AvgIpc) is 2.98. The van der Waals surface area contributed by atoms with Crippen LogP contribution in [0.25, 0.3) is 0 Å². The van der Waals surface area contributed by atoms with Crippen LogP contribution in [0.4, 0.5) is 0 Å². The van der Waals surface area contributed by atoms with Crippen molar-refractivity contribution in [2.24, 2.45) is 0 Å². The molecule has 0 amide bonds. The highest BCUT2D eigenvalue weighted by molar-refractivity contribution is 7.93. The molecule has 2 aliphatic rings. The van der Waals surface area contributed by atoms with Gasteiger partial charge in [-0.25, -0.2) is 8.42 Å². The van der Waals surface area contributed by atoms with Gasteiger partial charge in [0.05, 0.1) is 5.25 Å². The van der Waals surface area contributed by atoms with Crippen molar-refractivity contribution in [3.05, 3.63) is 34.3 Å². The maximum atomic E-state index is 12.5. The van der Waals surface area contributed by atoms with Gasteiger partial charge in [0, 0.05) is 10.6 Å². The zero-order chi connectivity index (χ0) is 13.6. The molecule has 0 N–H and O–H groups in total. The molecule has 1 aromatic rings. The summed E-state index contributed by atoms with van der Waals surface area (Å²) in [7, 11) is -3.36. The van der Waals surface area contributed by atoms with Crippen LogP contribution in [-0.2, 0) is 16.3 Å². The number of fused-ring (bicyclic) bond motifs is 1. The molecule has 1 atom stereocenters. The Labute approximate surface area is 117 Å². The minimum Gasteiger partial charge on any atom is -0.293 e. The maximum absolute atomic E-state index is 12.5. The summed E-state index contributed by atoms with van der Waals surface area (Å²) in [5.41, 5.74) is 1.29. The third kappa shape index (κ3) is 2.11. The SMILES string of the molecule is O=C1c2ccc(Cl)cc2CC1S(=O)(=O)C1CCCC1. The van der Waals surface area contributed by atoms with Gasteiger partial charge in [-0.05, 0) is 43.0 Å². The van der Waals surface area contributed by atoms with E-state index in [4.69, 9.17) is 11.6 Å². The Hall–Kier alpha value is -0.870. The van der Waals surface area contributed by atoms with Crippen LogP contribution in [0, 0.1) is 0 Å². The predicted octanol–water partition coefficient (Wildman–Crippen LogP) is 2.80. The molecule has 0 heterocycles. The van der Waals surface area contributed by atoms with E-state index in [1.807, 2.05) is 0 Å². The number of carbonyl (C=O) groups excluding carboxylic acids is 1. The molecule has 0 aliphatic heterocycles. The quantitative estimate of drug-likeness (QED) is 0.843. The van der Waals surface area contributed by atoms with Gasteiger partial charge in [-0.3, -0.25) is 4.79 Å². The fourth-order valence-corrected chi connectivity index (χ4v) is 5.64. The van der Waals surface area contributed by atoms with E-state index in [1.165, 1.54) is 0 Å². The molecule has 3 nitrogen and oxygen atoms in total. The predicted molar refractivity (Wildman–Crippen MR) is 74.5 cm³/mol. The minimum atomic E-state index is -3.36. The summed E-state index contributed by atoms with van der Waals surface area (Å²) < 4.78 is 25.1. The van der Waals surface area contributed by atoms with Gasteiger partial charge in [-0.2, -0.15) is 0 Å². The van der Waals surface area contributed by atoms with Crippen molar-refractivity contribution in [1.82, 2.24) is 0 Å². The summed E-state index contributed by atoms with van der Waals surface area (Å²) in [5.74, 6) is -0.251. The van der Waals surface area contributed by atoms with Crippen LogP contribution >= 0.6 is 11.6 Å². The number of rotatable bonds is 2. The van der Waals surface area contributed by atoms with Gasteiger partial charge in [0.1, 0.15) is 5.25 Å². The second kappa shape index (κ2) is 4.60. The van der Waals surface area contributed by atoms with Crippen molar-refractivity contribution in [3.8, 4) is 0 Å². The molecule has 5 heteroatoms. The number of Topliss-reactive ketones (excluding diaryl/α,β-unsaturated/α-hetero) is 1. The Morgan fingerprint density at radius 2 is 1.84 bits per heavy atom. The van der Waals surface area contributed by atoms with E-state index >= 15 is 0 Å². The van der Waals surface area contributed by atoms with E-state index in [0.29, 0.717) is 23.4 Å². The first kappa shape index (κ1) is 13.1. The fraction of sp³-hybridized carbons (Fsp3) is 0.500. The topological polar surface area (TPSA) is 51.2 Å². The summed E-state index contributed by atoms with van der Waals surface area (Å²) in [6, 6.07) is 4.99. The first-order chi connectivity index (χ1) is 9.00. The van der Waals surface area contributed by atoms with Crippen LogP contribution in [0.5, 0.6) is 0 Å². The zero-order valence-corrected chi connectivity index (χ0v) is 12.0. The van der Waals surface area contributed by atoms with E-state index in [2.05, 4.69) is 0 Å². The lowest BCUT2D eigenvalue weighted by molar-refractivity contribution is 0.0997. The first-order valence-corrected chi connectivity index (χ1v) is 8.54. The second-order valence-corrected chi connectivity index (χ2v) is 8.20. The fourth-order valence-electron chi connectivity index (χ4n) is 3.15. The van der Waals surface area contributed by atoms with Crippen LogP contribution in [0.1, 0.15) is 41.6 Å². The van der Waals surface area contributed by atoms with Gasteiger partial charge >= 0.3 is 0 Å². The molecule has 19 heavy (non-hydrogen) atoms. The monoisotopic (exact) mass is 298 g/mol. The molecule has 102 valence electrons. The van der Waals surface area contributed by atoms with Crippen LogP contribution in [0.15, 0.2) is 18.2 Å². The number of sulfone groups is 1. The lowest BCUT2D eigenvalue weighted by Crippen LogP contribution is -2.34. The Balaban J connectivity index is 1.95. The van der Waals surface area contributed by atoms with Crippen molar-refractivity contribution in [3.63, 3.8) is 0 Å². The second-order valence-electron chi connectivity index (χ2n) is 5.35. The maximum Gasteiger partial charge on any atom is 0.181 e. The standard InChI is InChI=1S/C14H15ClO3S/c15-10-5-6-12-9(7-10)8-13(14(12)16)19(17,18)11-3-1-2-4-11/h5-7,11,13H,1-4,8H2. The highest BCUT2D eigenvalue weighted by Crippen LogP contribution is 2.34. The van der Waals surface area contributed by atoms with Crippen LogP contribution in [-0.4, -0.2) is 24.7 Å². The third-order valence-electron chi connectivity index (χ3n) is 4.19.